The third-order valence-electron chi connectivity index (χ3n) is 6.42. The Morgan fingerprint density at radius 1 is 1.18 bits per heavy atom. The number of carbonyl (C=O) groups excluding carboxylic acids is 2. The van der Waals surface area contributed by atoms with Crippen molar-refractivity contribution in [2.45, 2.75) is 52.1 Å². The molecule has 2 amide bonds. The van der Waals surface area contributed by atoms with E-state index in [1.165, 1.54) is 22.2 Å². The van der Waals surface area contributed by atoms with E-state index in [1.807, 2.05) is 32.0 Å². The zero-order valence-electron chi connectivity index (χ0n) is 19.3. The minimum atomic E-state index is -0.287. The Bertz CT molecular complexity index is 1290. The van der Waals surface area contributed by atoms with Crippen LogP contribution in [-0.4, -0.2) is 45.5 Å². The van der Waals surface area contributed by atoms with Gasteiger partial charge < -0.3 is 15.5 Å². The highest BCUT2D eigenvalue weighted by molar-refractivity contribution is 7.22. The lowest BCUT2D eigenvalue weighted by Crippen LogP contribution is -2.43. The summed E-state index contributed by atoms with van der Waals surface area (Å²) in [7, 11) is 0. The topological polar surface area (TPSA) is 109 Å². The average molecular weight is 481 g/mol. The molecule has 0 spiro atoms. The Balaban J connectivity index is 1.31. The molecule has 2 aliphatic rings. The van der Waals surface area contributed by atoms with Crippen LogP contribution in [-0.2, 0) is 16.1 Å². The first-order valence-electron chi connectivity index (χ1n) is 11.7. The van der Waals surface area contributed by atoms with Crippen LogP contribution in [0.25, 0.3) is 10.3 Å². The summed E-state index contributed by atoms with van der Waals surface area (Å²) in [6, 6.07) is 6.15. The summed E-state index contributed by atoms with van der Waals surface area (Å²) >= 11 is 1.28. The van der Waals surface area contributed by atoms with Crippen molar-refractivity contribution in [1.82, 2.24) is 19.9 Å². The molecule has 2 aromatic heterocycles. The molecule has 0 bridgehead atoms. The van der Waals surface area contributed by atoms with Gasteiger partial charge in [-0.15, -0.1) is 0 Å². The first-order chi connectivity index (χ1) is 16.4. The SMILES string of the molecule is Cc1cccc(C)c1NC(=O)Cn1cnc2nc(N3CCCC(C(=O)NC4CC4)C3)sc2c1=O. The molecular weight excluding hydrogens is 452 g/mol. The molecule has 1 aliphatic heterocycles. The van der Waals surface area contributed by atoms with Gasteiger partial charge in [0.2, 0.25) is 11.8 Å². The molecule has 1 unspecified atom stereocenters. The van der Waals surface area contributed by atoms with Crippen LogP contribution in [0.5, 0.6) is 0 Å². The van der Waals surface area contributed by atoms with Crippen molar-refractivity contribution in [3.63, 3.8) is 0 Å². The zero-order valence-corrected chi connectivity index (χ0v) is 20.2. The fourth-order valence-corrected chi connectivity index (χ4v) is 5.34. The fourth-order valence-electron chi connectivity index (χ4n) is 4.34. The number of nitrogens with zero attached hydrogens (tertiary/aromatic N) is 4. The largest absolute Gasteiger partial charge is 0.353 e. The molecule has 1 saturated carbocycles. The molecule has 1 aromatic carbocycles. The highest BCUT2D eigenvalue weighted by atomic mass is 32.1. The van der Waals surface area contributed by atoms with Gasteiger partial charge in [0.25, 0.3) is 5.56 Å². The van der Waals surface area contributed by atoms with Crippen molar-refractivity contribution in [1.29, 1.82) is 0 Å². The number of hydrogen-bond donors (Lipinski definition) is 2. The number of amides is 2. The minimum Gasteiger partial charge on any atom is -0.353 e. The van der Waals surface area contributed by atoms with E-state index in [0.29, 0.717) is 28.1 Å². The molecule has 2 fully saturated rings. The summed E-state index contributed by atoms with van der Waals surface area (Å²) in [5, 5.41) is 6.70. The fraction of sp³-hybridized carbons (Fsp3) is 0.458. The van der Waals surface area contributed by atoms with Crippen molar-refractivity contribution in [2.24, 2.45) is 5.92 Å². The number of hydrogen-bond acceptors (Lipinski definition) is 7. The summed E-state index contributed by atoms with van der Waals surface area (Å²) in [6.07, 6.45) is 5.27. The molecule has 1 saturated heterocycles. The third kappa shape index (κ3) is 4.68. The molecule has 3 aromatic rings. The predicted octanol–water partition coefficient (Wildman–Crippen LogP) is 2.60. The number of piperidine rings is 1. The Kier molecular flexibility index (Phi) is 6.07. The van der Waals surface area contributed by atoms with E-state index in [1.54, 1.807) is 0 Å². The van der Waals surface area contributed by atoms with Gasteiger partial charge in [0.15, 0.2) is 10.8 Å². The smallest absolute Gasteiger partial charge is 0.273 e. The number of benzene rings is 1. The minimum absolute atomic E-state index is 0.0698. The van der Waals surface area contributed by atoms with Crippen molar-refractivity contribution in [3.05, 3.63) is 46.0 Å². The average Bonchev–Trinajstić information content (AvgIpc) is 3.52. The first kappa shape index (κ1) is 22.5. The second-order valence-corrected chi connectivity index (χ2v) is 10.2. The van der Waals surface area contributed by atoms with Crippen molar-refractivity contribution in [3.8, 4) is 0 Å². The van der Waals surface area contributed by atoms with Crippen LogP contribution >= 0.6 is 11.3 Å². The Labute approximate surface area is 201 Å². The molecule has 178 valence electrons. The van der Waals surface area contributed by atoms with Crippen molar-refractivity contribution >= 4 is 44.3 Å². The van der Waals surface area contributed by atoms with Crippen LogP contribution in [0.3, 0.4) is 0 Å². The molecular formula is C24H28N6O3S. The highest BCUT2D eigenvalue weighted by Crippen LogP contribution is 2.30. The van der Waals surface area contributed by atoms with Gasteiger partial charge in [0.05, 0.1) is 5.92 Å². The molecule has 3 heterocycles. The van der Waals surface area contributed by atoms with Gasteiger partial charge in [-0.2, -0.15) is 4.98 Å². The lowest BCUT2D eigenvalue weighted by Gasteiger charge is -2.31. The summed E-state index contributed by atoms with van der Waals surface area (Å²) in [6.45, 7) is 5.12. The molecule has 10 heteroatoms. The maximum atomic E-state index is 13.1. The summed E-state index contributed by atoms with van der Waals surface area (Å²) in [5.41, 5.74) is 2.78. The van der Waals surface area contributed by atoms with Crippen molar-refractivity contribution in [2.75, 3.05) is 23.3 Å². The Morgan fingerprint density at radius 2 is 1.94 bits per heavy atom. The van der Waals surface area contributed by atoms with Crippen LogP contribution < -0.4 is 21.1 Å². The van der Waals surface area contributed by atoms with Crippen LogP contribution in [0.15, 0.2) is 29.3 Å². The van der Waals surface area contributed by atoms with Crippen LogP contribution in [0.4, 0.5) is 10.8 Å². The van der Waals surface area contributed by atoms with Gasteiger partial charge in [-0.3, -0.25) is 19.0 Å². The van der Waals surface area contributed by atoms with Crippen LogP contribution in [0.2, 0.25) is 0 Å². The lowest BCUT2D eigenvalue weighted by atomic mass is 9.97. The number of aryl methyl sites for hydroxylation is 2. The van der Waals surface area contributed by atoms with E-state index < -0.39 is 0 Å². The number of thiazole rings is 1. The molecule has 0 radical (unpaired) electrons. The monoisotopic (exact) mass is 480 g/mol. The van der Waals surface area contributed by atoms with E-state index in [2.05, 4.69) is 25.5 Å². The number of carbonyl (C=O) groups is 2. The van der Waals surface area contributed by atoms with E-state index in [0.717, 1.165) is 49.0 Å². The van der Waals surface area contributed by atoms with Crippen LogP contribution in [0.1, 0.15) is 36.8 Å². The number of rotatable bonds is 6. The standard InChI is InChI=1S/C24H28N6O3S/c1-14-5-3-6-15(2)19(14)27-18(31)12-30-13-25-21-20(23(30)33)34-24(28-21)29-10-4-7-16(11-29)22(32)26-17-8-9-17/h3,5-6,13,16-17H,4,7-12H2,1-2H3,(H,26,32)(H,27,31). The maximum absolute atomic E-state index is 13.1. The van der Waals surface area contributed by atoms with Gasteiger partial charge in [0.1, 0.15) is 17.6 Å². The second-order valence-electron chi connectivity index (χ2n) is 9.21. The number of nitrogens with one attached hydrogen (secondary N) is 2. The van der Waals surface area contributed by atoms with Crippen molar-refractivity contribution < 1.29 is 9.59 Å². The third-order valence-corrected chi connectivity index (χ3v) is 7.51. The van der Waals surface area contributed by atoms with Gasteiger partial charge in [-0.25, -0.2) is 4.98 Å². The molecule has 2 N–H and O–H groups in total. The summed E-state index contributed by atoms with van der Waals surface area (Å²) in [4.78, 5) is 49.2. The van der Waals surface area contributed by atoms with Gasteiger partial charge in [0, 0.05) is 24.8 Å². The molecule has 34 heavy (non-hydrogen) atoms. The second kappa shape index (κ2) is 9.17. The first-order valence-corrected chi connectivity index (χ1v) is 12.5. The lowest BCUT2D eigenvalue weighted by molar-refractivity contribution is -0.125. The van der Waals surface area contributed by atoms with E-state index in [-0.39, 0.29) is 29.8 Å². The highest BCUT2D eigenvalue weighted by Gasteiger charge is 2.31. The van der Waals surface area contributed by atoms with Gasteiger partial charge >= 0.3 is 0 Å². The van der Waals surface area contributed by atoms with E-state index in [4.69, 9.17) is 0 Å². The number of anilines is 2. The van der Waals surface area contributed by atoms with E-state index >= 15 is 0 Å². The molecule has 5 rings (SSSR count). The number of para-hydroxylation sites is 1. The Hall–Kier alpha value is -3.27. The molecule has 9 nitrogen and oxygen atoms in total. The summed E-state index contributed by atoms with van der Waals surface area (Å²) in [5.74, 6) is -0.241. The van der Waals surface area contributed by atoms with Crippen LogP contribution in [0, 0.1) is 19.8 Å². The quantitative estimate of drug-likeness (QED) is 0.561. The Morgan fingerprint density at radius 3 is 2.68 bits per heavy atom. The molecule has 1 atom stereocenters. The number of aromatic nitrogens is 3. The molecule has 1 aliphatic carbocycles. The maximum Gasteiger partial charge on any atom is 0.273 e. The van der Waals surface area contributed by atoms with Gasteiger partial charge in [-0.05, 0) is 50.7 Å². The zero-order chi connectivity index (χ0) is 23.8. The summed E-state index contributed by atoms with van der Waals surface area (Å²) < 4.78 is 1.73. The van der Waals surface area contributed by atoms with Gasteiger partial charge in [-0.1, -0.05) is 29.5 Å². The normalized spacial score (nSPS) is 18.2. The predicted molar refractivity (Wildman–Crippen MR) is 132 cm³/mol. The number of fused-ring (bicyclic) bond motifs is 1. The van der Waals surface area contributed by atoms with E-state index in [9.17, 15) is 14.4 Å².